The first-order valence-electron chi connectivity index (χ1n) is 4.59. The quantitative estimate of drug-likeness (QED) is 0.711. The van der Waals surface area contributed by atoms with Crippen molar-refractivity contribution >= 4 is 5.91 Å². The first kappa shape index (κ1) is 10.0. The number of halogens is 2. The molecular weight excluding hydrogens is 204 g/mol. The predicted octanol–water partition coefficient (Wildman–Crippen LogP) is 1.74. The molecule has 1 fully saturated rings. The Kier molecular flexibility index (Phi) is 2.64. The number of nitrogens with zero attached hydrogens (tertiary/aromatic N) is 1. The van der Waals surface area contributed by atoms with Gasteiger partial charge in [0.1, 0.15) is 0 Å². The Balaban J connectivity index is 2.28. The maximum atomic E-state index is 13.2. The van der Waals surface area contributed by atoms with Gasteiger partial charge >= 0.3 is 0 Å². The van der Waals surface area contributed by atoms with Crippen LogP contribution in [-0.2, 0) is 4.84 Å². The van der Waals surface area contributed by atoms with E-state index in [9.17, 15) is 13.6 Å². The highest BCUT2D eigenvalue weighted by atomic mass is 19.2. The lowest BCUT2D eigenvalue weighted by Crippen LogP contribution is -2.27. The van der Waals surface area contributed by atoms with Gasteiger partial charge in [0.05, 0.1) is 18.7 Å². The minimum Gasteiger partial charge on any atom is -0.271 e. The van der Waals surface area contributed by atoms with Crippen LogP contribution in [0, 0.1) is 11.6 Å². The fraction of sp³-hybridized carbons (Fsp3) is 0.300. The highest BCUT2D eigenvalue weighted by Gasteiger charge is 2.24. The maximum absolute atomic E-state index is 13.2. The Hall–Kier alpha value is -1.49. The summed E-state index contributed by atoms with van der Waals surface area (Å²) in [5.74, 6) is -2.79. The molecule has 0 saturated carbocycles. The van der Waals surface area contributed by atoms with Crippen molar-refractivity contribution in [2.45, 2.75) is 6.42 Å². The van der Waals surface area contributed by atoms with E-state index in [1.165, 1.54) is 12.1 Å². The predicted molar refractivity (Wildman–Crippen MR) is 48.0 cm³/mol. The lowest BCUT2D eigenvalue weighted by atomic mass is 10.2. The molecule has 2 rings (SSSR count). The van der Waals surface area contributed by atoms with E-state index in [0.717, 1.165) is 11.1 Å². The summed E-state index contributed by atoms with van der Waals surface area (Å²) < 4.78 is 26.1. The normalized spacial score (nSPS) is 15.7. The van der Waals surface area contributed by atoms with Crippen molar-refractivity contribution in [2.75, 3.05) is 13.2 Å². The van der Waals surface area contributed by atoms with Gasteiger partial charge in [-0.15, -0.1) is 0 Å². The van der Waals surface area contributed by atoms with Crippen LogP contribution < -0.4 is 0 Å². The summed E-state index contributed by atoms with van der Waals surface area (Å²) in [4.78, 5) is 16.6. The number of hydrogen-bond donors (Lipinski definition) is 0. The third-order valence-electron chi connectivity index (χ3n) is 2.16. The van der Waals surface area contributed by atoms with E-state index in [1.807, 2.05) is 0 Å². The fourth-order valence-corrected chi connectivity index (χ4v) is 1.41. The number of rotatable bonds is 1. The number of hydrogen-bond acceptors (Lipinski definition) is 2. The summed E-state index contributed by atoms with van der Waals surface area (Å²) in [6, 6.07) is 3.50. The zero-order chi connectivity index (χ0) is 10.8. The molecule has 5 heteroatoms. The molecule has 1 aliphatic heterocycles. The lowest BCUT2D eigenvalue weighted by Gasteiger charge is -2.13. The summed E-state index contributed by atoms with van der Waals surface area (Å²) in [6.07, 6.45) is 0.711. The third kappa shape index (κ3) is 1.83. The molecule has 1 saturated heterocycles. The SMILES string of the molecule is O=C(c1cccc(F)c1F)N1CCCO1. The minimum absolute atomic E-state index is 0.295. The molecular formula is C10H9F2NO2. The van der Waals surface area contributed by atoms with Gasteiger partial charge in [-0.1, -0.05) is 6.07 Å². The second-order valence-corrected chi connectivity index (χ2v) is 3.20. The number of amides is 1. The molecule has 1 aliphatic rings. The molecule has 80 valence electrons. The zero-order valence-electron chi connectivity index (χ0n) is 7.87. The number of carbonyl (C=O) groups is 1. The van der Waals surface area contributed by atoms with Gasteiger partial charge in [-0.25, -0.2) is 13.8 Å². The molecule has 1 amide bonds. The van der Waals surface area contributed by atoms with Crippen molar-refractivity contribution in [3.8, 4) is 0 Å². The molecule has 0 aromatic heterocycles. The van der Waals surface area contributed by atoms with E-state index in [1.54, 1.807) is 0 Å². The zero-order valence-corrected chi connectivity index (χ0v) is 7.87. The van der Waals surface area contributed by atoms with Crippen LogP contribution in [0.5, 0.6) is 0 Å². The monoisotopic (exact) mass is 213 g/mol. The van der Waals surface area contributed by atoms with Crippen molar-refractivity contribution in [1.29, 1.82) is 0 Å². The molecule has 1 aromatic carbocycles. The first-order chi connectivity index (χ1) is 7.20. The van der Waals surface area contributed by atoms with Gasteiger partial charge in [-0.05, 0) is 18.6 Å². The molecule has 15 heavy (non-hydrogen) atoms. The highest BCUT2D eigenvalue weighted by molar-refractivity contribution is 5.93. The smallest absolute Gasteiger partial charge is 0.271 e. The van der Waals surface area contributed by atoms with Crippen molar-refractivity contribution < 1.29 is 18.4 Å². The molecule has 0 unspecified atom stereocenters. The Morgan fingerprint density at radius 2 is 2.20 bits per heavy atom. The van der Waals surface area contributed by atoms with Gasteiger partial charge in [0.2, 0.25) is 0 Å². The minimum atomic E-state index is -1.13. The van der Waals surface area contributed by atoms with Crippen LogP contribution in [-0.4, -0.2) is 24.1 Å². The average molecular weight is 213 g/mol. The largest absolute Gasteiger partial charge is 0.280 e. The van der Waals surface area contributed by atoms with Gasteiger partial charge in [0.25, 0.3) is 5.91 Å². The molecule has 3 nitrogen and oxygen atoms in total. The van der Waals surface area contributed by atoms with E-state index in [4.69, 9.17) is 4.84 Å². The standard InChI is InChI=1S/C10H9F2NO2/c11-8-4-1-3-7(9(8)12)10(14)13-5-2-6-15-13/h1,3-4H,2,5-6H2. The fourth-order valence-electron chi connectivity index (χ4n) is 1.41. The lowest BCUT2D eigenvalue weighted by molar-refractivity contribution is -0.0771. The molecule has 0 bridgehead atoms. The van der Waals surface area contributed by atoms with Gasteiger partial charge in [-0.3, -0.25) is 9.63 Å². The van der Waals surface area contributed by atoms with E-state index in [-0.39, 0.29) is 5.56 Å². The van der Waals surface area contributed by atoms with Crippen molar-refractivity contribution in [3.05, 3.63) is 35.4 Å². The molecule has 0 radical (unpaired) electrons. The van der Waals surface area contributed by atoms with Gasteiger partial charge in [0.15, 0.2) is 11.6 Å². The molecule has 0 spiro atoms. The third-order valence-corrected chi connectivity index (χ3v) is 2.16. The maximum Gasteiger partial charge on any atom is 0.280 e. The summed E-state index contributed by atoms with van der Waals surface area (Å²) in [6.45, 7) is 0.845. The van der Waals surface area contributed by atoms with Crippen LogP contribution in [0.4, 0.5) is 8.78 Å². The topological polar surface area (TPSA) is 29.5 Å². The van der Waals surface area contributed by atoms with Crippen molar-refractivity contribution in [2.24, 2.45) is 0 Å². The Labute approximate surface area is 85.2 Å². The van der Waals surface area contributed by atoms with Crippen LogP contribution in [0.25, 0.3) is 0 Å². The second kappa shape index (κ2) is 3.94. The number of carbonyl (C=O) groups excluding carboxylic acids is 1. The Morgan fingerprint density at radius 3 is 2.87 bits per heavy atom. The van der Waals surface area contributed by atoms with Gasteiger partial charge in [-0.2, -0.15) is 0 Å². The molecule has 0 aliphatic carbocycles. The van der Waals surface area contributed by atoms with Crippen LogP contribution in [0.1, 0.15) is 16.8 Å². The van der Waals surface area contributed by atoms with Crippen LogP contribution >= 0.6 is 0 Å². The molecule has 0 N–H and O–H groups in total. The van der Waals surface area contributed by atoms with Gasteiger partial charge in [0, 0.05) is 0 Å². The second-order valence-electron chi connectivity index (χ2n) is 3.20. The average Bonchev–Trinajstić information content (AvgIpc) is 2.74. The molecule has 1 aromatic rings. The molecule has 1 heterocycles. The van der Waals surface area contributed by atoms with Crippen molar-refractivity contribution in [1.82, 2.24) is 5.06 Å². The van der Waals surface area contributed by atoms with Crippen LogP contribution in [0.3, 0.4) is 0 Å². The summed E-state index contributed by atoms with van der Waals surface area (Å²) in [7, 11) is 0. The van der Waals surface area contributed by atoms with Gasteiger partial charge < -0.3 is 0 Å². The molecule has 0 atom stereocenters. The summed E-state index contributed by atoms with van der Waals surface area (Å²) >= 11 is 0. The van der Waals surface area contributed by atoms with E-state index >= 15 is 0 Å². The first-order valence-corrected chi connectivity index (χ1v) is 4.59. The number of benzene rings is 1. The van der Waals surface area contributed by atoms with E-state index in [0.29, 0.717) is 19.6 Å². The summed E-state index contributed by atoms with van der Waals surface area (Å²) in [5, 5.41) is 1.05. The van der Waals surface area contributed by atoms with Crippen LogP contribution in [0.15, 0.2) is 18.2 Å². The highest BCUT2D eigenvalue weighted by Crippen LogP contribution is 2.16. The summed E-state index contributed by atoms with van der Waals surface area (Å²) in [5.41, 5.74) is -0.295. The van der Waals surface area contributed by atoms with E-state index < -0.39 is 17.5 Å². The number of hydroxylamine groups is 2. The van der Waals surface area contributed by atoms with Crippen LogP contribution in [0.2, 0.25) is 0 Å². The Bertz CT molecular complexity index is 389. The van der Waals surface area contributed by atoms with Crippen molar-refractivity contribution in [3.63, 3.8) is 0 Å². The van der Waals surface area contributed by atoms with E-state index in [2.05, 4.69) is 0 Å². The Morgan fingerprint density at radius 1 is 1.40 bits per heavy atom.